The minimum absolute atomic E-state index is 0.00492. The highest BCUT2D eigenvalue weighted by Crippen LogP contribution is 2.35. The molecule has 5 atom stereocenters. The van der Waals surface area contributed by atoms with Gasteiger partial charge < -0.3 is 20.4 Å². The number of aliphatic hydroxyl groups excluding tert-OH is 2. The number of likely N-dealkylation sites (N-methyl/N-ethyl adjacent to an activating group) is 1. The van der Waals surface area contributed by atoms with Crippen molar-refractivity contribution in [3.63, 3.8) is 0 Å². The third-order valence-corrected chi connectivity index (χ3v) is 9.90. The molecule has 3 aliphatic rings. The molecule has 0 radical (unpaired) electrons. The lowest BCUT2D eigenvalue weighted by molar-refractivity contribution is -0.139. The quantitative estimate of drug-likeness (QED) is 0.178. The highest BCUT2D eigenvalue weighted by Gasteiger charge is 2.39. The maximum atomic E-state index is 13.8. The Bertz CT molecular complexity index is 918. The minimum atomic E-state index is -0.901. The molecule has 9 nitrogen and oxygen atoms in total. The molecule has 3 rings (SSSR count). The zero-order valence-electron chi connectivity index (χ0n) is 26.9. The number of carbonyl (C=O) groups excluding carboxylic acids is 3. The first-order valence-corrected chi connectivity index (χ1v) is 17.1. The summed E-state index contributed by atoms with van der Waals surface area (Å²) < 4.78 is 0. The second kappa shape index (κ2) is 18.0. The predicted octanol–water partition coefficient (Wildman–Crippen LogP) is 3.63. The summed E-state index contributed by atoms with van der Waals surface area (Å²) >= 11 is 0. The van der Waals surface area contributed by atoms with Crippen LogP contribution in [0.15, 0.2) is 0 Å². The van der Waals surface area contributed by atoms with Crippen LogP contribution in [0, 0.1) is 41.9 Å². The monoisotopic (exact) mass is 602 g/mol. The van der Waals surface area contributed by atoms with Crippen LogP contribution in [0.2, 0.25) is 0 Å². The van der Waals surface area contributed by atoms with Crippen LogP contribution in [-0.2, 0) is 14.4 Å². The van der Waals surface area contributed by atoms with E-state index in [9.17, 15) is 24.6 Å². The van der Waals surface area contributed by atoms with Crippen molar-refractivity contribution in [1.82, 2.24) is 20.7 Å². The Morgan fingerprint density at radius 2 is 1.51 bits per heavy atom. The van der Waals surface area contributed by atoms with Gasteiger partial charge in [0.1, 0.15) is 0 Å². The number of rotatable bonds is 14. The number of aliphatic hydroxyl groups is 2. The van der Waals surface area contributed by atoms with E-state index in [-0.39, 0.29) is 54.0 Å². The number of hydrogen-bond acceptors (Lipinski definition) is 6. The normalized spacial score (nSPS) is 28.0. The molecule has 0 aromatic rings. The second-order valence-electron chi connectivity index (χ2n) is 13.6. The molecule has 0 saturated heterocycles. The molecule has 43 heavy (non-hydrogen) atoms. The summed E-state index contributed by atoms with van der Waals surface area (Å²) in [7, 11) is 1.76. The number of hydrazine groups is 1. The predicted molar refractivity (Wildman–Crippen MR) is 168 cm³/mol. The average Bonchev–Trinajstić information content (AvgIpc) is 3.01. The lowest BCUT2D eigenvalue weighted by Gasteiger charge is -2.37. The number of nitrogens with one attached hydrogen (secondary N) is 2. The Kier molecular flexibility index (Phi) is 14.8. The number of hydrogen-bond donors (Lipinski definition) is 4. The molecule has 4 N–H and O–H groups in total. The third-order valence-electron chi connectivity index (χ3n) is 9.90. The molecule has 0 aliphatic heterocycles. The van der Waals surface area contributed by atoms with Crippen LogP contribution in [0.4, 0.5) is 0 Å². The zero-order chi connectivity index (χ0) is 31.4. The van der Waals surface area contributed by atoms with E-state index in [4.69, 9.17) is 6.42 Å². The van der Waals surface area contributed by atoms with Crippen molar-refractivity contribution in [3.05, 3.63) is 0 Å². The van der Waals surface area contributed by atoms with Crippen molar-refractivity contribution in [2.45, 2.75) is 128 Å². The summed E-state index contributed by atoms with van der Waals surface area (Å²) in [5, 5.41) is 26.2. The first-order chi connectivity index (χ1) is 20.6. The smallest absolute Gasteiger partial charge is 0.237 e. The summed E-state index contributed by atoms with van der Waals surface area (Å²) in [4.78, 5) is 42.0. The Labute approximate surface area is 259 Å². The molecule has 244 valence electrons. The van der Waals surface area contributed by atoms with Crippen molar-refractivity contribution in [3.8, 4) is 12.3 Å². The Hall–Kier alpha value is -2.15. The van der Waals surface area contributed by atoms with E-state index in [2.05, 4.69) is 30.5 Å². The first kappa shape index (κ1) is 35.3. The molecule has 3 saturated carbocycles. The van der Waals surface area contributed by atoms with Crippen LogP contribution < -0.4 is 10.7 Å². The van der Waals surface area contributed by atoms with E-state index in [1.54, 1.807) is 12.1 Å². The van der Waals surface area contributed by atoms with Crippen molar-refractivity contribution < 1.29 is 24.6 Å². The average molecular weight is 603 g/mol. The van der Waals surface area contributed by atoms with E-state index in [1.807, 2.05) is 4.90 Å². The molecule has 0 aromatic heterocycles. The zero-order valence-corrected chi connectivity index (χ0v) is 26.9. The maximum absolute atomic E-state index is 13.8. The van der Waals surface area contributed by atoms with E-state index >= 15 is 0 Å². The van der Waals surface area contributed by atoms with Gasteiger partial charge in [0.15, 0.2) is 0 Å². The summed E-state index contributed by atoms with van der Waals surface area (Å²) in [5.74, 6) is 2.20. The molecule has 0 spiro atoms. The van der Waals surface area contributed by atoms with E-state index in [0.717, 1.165) is 64.2 Å². The molecule has 3 amide bonds. The highest BCUT2D eigenvalue weighted by molar-refractivity contribution is 5.83. The van der Waals surface area contributed by atoms with Gasteiger partial charge in [-0.05, 0) is 83.0 Å². The van der Waals surface area contributed by atoms with Gasteiger partial charge in [-0.25, -0.2) is 5.01 Å². The minimum Gasteiger partial charge on any atom is -0.393 e. The highest BCUT2D eigenvalue weighted by atomic mass is 16.3. The number of nitrogens with zero attached hydrogens (tertiary/aromatic N) is 2. The SMILES string of the molecule is C#CC1CC(C(=O)NC(CC2CCC(O)CC2)C(O)CN(C)NC(=O)C2CCCCC2)CC(C(=O)N(CCC)CCC)C1. The van der Waals surface area contributed by atoms with Gasteiger partial charge in [0.05, 0.1) is 18.2 Å². The van der Waals surface area contributed by atoms with Gasteiger partial charge in [-0.2, -0.15) is 0 Å². The van der Waals surface area contributed by atoms with Gasteiger partial charge in [0.2, 0.25) is 17.7 Å². The van der Waals surface area contributed by atoms with Crippen molar-refractivity contribution in [2.75, 3.05) is 26.7 Å². The molecule has 0 heterocycles. The molecule has 3 aliphatic carbocycles. The molecule has 9 heteroatoms. The fourth-order valence-electron chi connectivity index (χ4n) is 7.45. The van der Waals surface area contributed by atoms with E-state index in [0.29, 0.717) is 38.8 Å². The van der Waals surface area contributed by atoms with Crippen LogP contribution in [0.5, 0.6) is 0 Å². The lowest BCUT2D eigenvalue weighted by Crippen LogP contribution is -2.54. The van der Waals surface area contributed by atoms with Gasteiger partial charge in [-0.1, -0.05) is 33.1 Å². The van der Waals surface area contributed by atoms with Gasteiger partial charge in [-0.3, -0.25) is 19.8 Å². The van der Waals surface area contributed by atoms with Crippen molar-refractivity contribution >= 4 is 17.7 Å². The molecule has 3 fully saturated rings. The van der Waals surface area contributed by atoms with Crippen LogP contribution in [-0.4, -0.2) is 82.8 Å². The van der Waals surface area contributed by atoms with Gasteiger partial charge in [0.25, 0.3) is 0 Å². The standard InChI is InChI=1S/C34H58N4O5/c1-5-17-38(18-6-2)34(43)28-20-24(7-3)19-27(22-28)32(41)35-30(21-25-13-15-29(39)16-14-25)31(40)23-37(4)36-33(42)26-11-9-8-10-12-26/h3,24-31,39-40H,5-6,8-23H2,1-2,4H3,(H,35,41)(H,36,42). The summed E-state index contributed by atoms with van der Waals surface area (Å²) in [6.45, 7) is 5.72. The second-order valence-corrected chi connectivity index (χ2v) is 13.6. The number of terminal acetylenes is 1. The van der Waals surface area contributed by atoms with Crippen LogP contribution in [0.25, 0.3) is 0 Å². The summed E-state index contributed by atoms with van der Waals surface area (Å²) in [5.41, 5.74) is 2.95. The lowest BCUT2D eigenvalue weighted by atomic mass is 9.74. The molecule has 5 unspecified atom stereocenters. The summed E-state index contributed by atoms with van der Waals surface area (Å²) in [6.07, 6.45) is 16.9. The molecule has 0 aromatic carbocycles. The number of carbonyl (C=O) groups is 3. The van der Waals surface area contributed by atoms with Crippen LogP contribution >= 0.6 is 0 Å². The maximum Gasteiger partial charge on any atom is 0.237 e. The van der Waals surface area contributed by atoms with Crippen molar-refractivity contribution in [2.24, 2.45) is 29.6 Å². The molecule has 0 bridgehead atoms. The van der Waals surface area contributed by atoms with Gasteiger partial charge in [0, 0.05) is 50.4 Å². The van der Waals surface area contributed by atoms with E-state index in [1.165, 1.54) is 6.42 Å². The fourth-order valence-corrected chi connectivity index (χ4v) is 7.45. The summed E-state index contributed by atoms with van der Waals surface area (Å²) in [6, 6.07) is -0.515. The topological polar surface area (TPSA) is 122 Å². The molecular formula is C34H58N4O5. The molecular weight excluding hydrogens is 544 g/mol. The largest absolute Gasteiger partial charge is 0.393 e. The van der Waals surface area contributed by atoms with Gasteiger partial charge in [-0.15, -0.1) is 12.3 Å². The third kappa shape index (κ3) is 11.1. The van der Waals surface area contributed by atoms with E-state index < -0.39 is 18.1 Å². The van der Waals surface area contributed by atoms with Crippen molar-refractivity contribution in [1.29, 1.82) is 0 Å². The Morgan fingerprint density at radius 1 is 0.884 bits per heavy atom. The van der Waals surface area contributed by atoms with Gasteiger partial charge >= 0.3 is 0 Å². The van der Waals surface area contributed by atoms with Crippen LogP contribution in [0.3, 0.4) is 0 Å². The fraction of sp³-hybridized carbons (Fsp3) is 0.853. The van der Waals surface area contributed by atoms with Crippen LogP contribution in [0.1, 0.15) is 110 Å². The Morgan fingerprint density at radius 3 is 2.12 bits per heavy atom. The number of amides is 3. The first-order valence-electron chi connectivity index (χ1n) is 17.1. The Balaban J connectivity index is 1.67.